The summed E-state index contributed by atoms with van der Waals surface area (Å²) >= 11 is 5.68. The molecule has 0 aromatic carbocycles. The van der Waals surface area contributed by atoms with Gasteiger partial charge in [0.1, 0.15) is 11.4 Å². The standard InChI is InChI=1S/C10H13ClO3/c1-10(2)5-4-7(9(12)13-3)8(6-11)14-10/h4-5H,6H2,1-3H3. The maximum absolute atomic E-state index is 11.3. The summed E-state index contributed by atoms with van der Waals surface area (Å²) in [7, 11) is 1.33. The summed E-state index contributed by atoms with van der Waals surface area (Å²) < 4.78 is 10.1. The van der Waals surface area contributed by atoms with Crippen molar-refractivity contribution in [1.29, 1.82) is 0 Å². The Kier molecular flexibility index (Phi) is 3.21. The van der Waals surface area contributed by atoms with Crippen molar-refractivity contribution >= 4 is 17.6 Å². The van der Waals surface area contributed by atoms with Crippen LogP contribution >= 0.6 is 11.6 Å². The Balaban J connectivity index is 2.98. The van der Waals surface area contributed by atoms with Crippen molar-refractivity contribution in [1.82, 2.24) is 0 Å². The van der Waals surface area contributed by atoms with E-state index in [2.05, 4.69) is 4.74 Å². The highest BCUT2D eigenvalue weighted by Crippen LogP contribution is 2.26. The molecule has 78 valence electrons. The van der Waals surface area contributed by atoms with E-state index in [1.807, 2.05) is 13.8 Å². The zero-order chi connectivity index (χ0) is 10.8. The molecule has 0 atom stereocenters. The van der Waals surface area contributed by atoms with Gasteiger partial charge in [0, 0.05) is 0 Å². The molecule has 0 spiro atoms. The van der Waals surface area contributed by atoms with Crippen LogP contribution in [-0.2, 0) is 14.3 Å². The number of halogens is 1. The molecule has 0 N–H and O–H groups in total. The average Bonchev–Trinajstić information content (AvgIpc) is 2.15. The predicted octanol–water partition coefficient (Wildman–Crippen LogP) is 2.02. The van der Waals surface area contributed by atoms with Crippen molar-refractivity contribution in [3.63, 3.8) is 0 Å². The summed E-state index contributed by atoms with van der Waals surface area (Å²) in [6.07, 6.45) is 3.49. The number of hydrogen-bond acceptors (Lipinski definition) is 3. The lowest BCUT2D eigenvalue weighted by atomic mass is 10.0. The minimum Gasteiger partial charge on any atom is -0.486 e. The molecule has 0 aliphatic carbocycles. The number of esters is 1. The Labute approximate surface area is 88.3 Å². The van der Waals surface area contributed by atoms with Crippen LogP contribution < -0.4 is 0 Å². The predicted molar refractivity (Wildman–Crippen MR) is 54.1 cm³/mol. The fraction of sp³-hybridized carbons (Fsp3) is 0.500. The lowest BCUT2D eigenvalue weighted by Crippen LogP contribution is -2.26. The molecule has 0 saturated heterocycles. The van der Waals surface area contributed by atoms with E-state index >= 15 is 0 Å². The summed E-state index contributed by atoms with van der Waals surface area (Å²) in [5.74, 6) is 0.205. The highest BCUT2D eigenvalue weighted by molar-refractivity contribution is 6.19. The van der Waals surface area contributed by atoms with E-state index in [4.69, 9.17) is 16.3 Å². The second kappa shape index (κ2) is 4.05. The van der Waals surface area contributed by atoms with Gasteiger partial charge in [-0.1, -0.05) is 0 Å². The van der Waals surface area contributed by atoms with Crippen LogP contribution in [0, 0.1) is 0 Å². The minimum absolute atomic E-state index is 0.165. The monoisotopic (exact) mass is 216 g/mol. The number of ether oxygens (including phenoxy) is 2. The van der Waals surface area contributed by atoms with Crippen LogP contribution in [0.1, 0.15) is 13.8 Å². The summed E-state index contributed by atoms with van der Waals surface area (Å²) in [6, 6.07) is 0. The van der Waals surface area contributed by atoms with Gasteiger partial charge in [-0.2, -0.15) is 0 Å². The lowest BCUT2D eigenvalue weighted by Gasteiger charge is -2.28. The molecule has 14 heavy (non-hydrogen) atoms. The zero-order valence-corrected chi connectivity index (χ0v) is 9.22. The van der Waals surface area contributed by atoms with Crippen molar-refractivity contribution < 1.29 is 14.3 Å². The number of hydrogen-bond donors (Lipinski definition) is 0. The van der Waals surface area contributed by atoms with E-state index in [1.165, 1.54) is 7.11 Å². The fourth-order valence-corrected chi connectivity index (χ4v) is 1.37. The van der Waals surface area contributed by atoms with Crippen LogP contribution in [0.2, 0.25) is 0 Å². The minimum atomic E-state index is -0.424. The van der Waals surface area contributed by atoms with Crippen molar-refractivity contribution in [2.24, 2.45) is 0 Å². The number of allylic oxidation sites excluding steroid dienone is 1. The highest BCUT2D eigenvalue weighted by Gasteiger charge is 2.26. The van der Waals surface area contributed by atoms with Crippen LogP contribution in [0.4, 0.5) is 0 Å². The van der Waals surface area contributed by atoms with Gasteiger partial charge in [0.25, 0.3) is 0 Å². The largest absolute Gasteiger partial charge is 0.486 e. The lowest BCUT2D eigenvalue weighted by molar-refractivity contribution is -0.136. The SMILES string of the molecule is COC(=O)C1=C(CCl)OC(C)(C)C=C1. The first-order chi connectivity index (χ1) is 6.50. The van der Waals surface area contributed by atoms with Crippen LogP contribution in [0.25, 0.3) is 0 Å². The van der Waals surface area contributed by atoms with Crippen molar-refractivity contribution in [2.45, 2.75) is 19.4 Å². The molecule has 0 bridgehead atoms. The first kappa shape index (κ1) is 11.1. The van der Waals surface area contributed by atoms with Gasteiger partial charge in [0.2, 0.25) is 0 Å². The Morgan fingerprint density at radius 3 is 2.79 bits per heavy atom. The zero-order valence-electron chi connectivity index (χ0n) is 8.46. The Morgan fingerprint density at radius 1 is 1.64 bits per heavy atom. The molecule has 1 aliphatic rings. The number of alkyl halides is 1. The second-order valence-electron chi connectivity index (χ2n) is 3.50. The van der Waals surface area contributed by atoms with Gasteiger partial charge in [-0.25, -0.2) is 4.79 Å². The Morgan fingerprint density at radius 2 is 2.29 bits per heavy atom. The summed E-state index contributed by atoms with van der Waals surface area (Å²) in [6.45, 7) is 3.79. The van der Waals surface area contributed by atoms with Gasteiger partial charge >= 0.3 is 5.97 Å². The first-order valence-corrected chi connectivity index (χ1v) is 4.79. The average molecular weight is 217 g/mol. The normalized spacial score (nSPS) is 19.1. The van der Waals surface area contributed by atoms with E-state index in [0.29, 0.717) is 11.3 Å². The van der Waals surface area contributed by atoms with Crippen LogP contribution in [0.3, 0.4) is 0 Å². The van der Waals surface area contributed by atoms with Crippen molar-refractivity contribution in [2.75, 3.05) is 13.0 Å². The Hall–Kier alpha value is -0.960. The van der Waals surface area contributed by atoms with Gasteiger partial charge in [0.15, 0.2) is 0 Å². The topological polar surface area (TPSA) is 35.5 Å². The van der Waals surface area contributed by atoms with Gasteiger partial charge in [-0.05, 0) is 26.0 Å². The third-order valence-corrected chi connectivity index (χ3v) is 2.11. The number of rotatable bonds is 2. The molecule has 0 radical (unpaired) electrons. The maximum atomic E-state index is 11.3. The molecular formula is C10H13ClO3. The smallest absolute Gasteiger partial charge is 0.341 e. The van der Waals surface area contributed by atoms with Crippen LogP contribution in [0.5, 0.6) is 0 Å². The van der Waals surface area contributed by atoms with E-state index in [9.17, 15) is 4.79 Å². The molecule has 3 nitrogen and oxygen atoms in total. The van der Waals surface area contributed by atoms with E-state index < -0.39 is 11.6 Å². The molecule has 0 amide bonds. The highest BCUT2D eigenvalue weighted by atomic mass is 35.5. The molecule has 0 aromatic rings. The Bertz CT molecular complexity index is 302. The third kappa shape index (κ3) is 2.29. The molecule has 0 unspecified atom stereocenters. The second-order valence-corrected chi connectivity index (χ2v) is 3.77. The van der Waals surface area contributed by atoms with Crippen LogP contribution in [-0.4, -0.2) is 24.6 Å². The van der Waals surface area contributed by atoms with E-state index in [0.717, 1.165) is 0 Å². The number of methoxy groups -OCH3 is 1. The third-order valence-electron chi connectivity index (χ3n) is 1.86. The van der Waals surface area contributed by atoms with E-state index in [1.54, 1.807) is 12.2 Å². The van der Waals surface area contributed by atoms with Crippen molar-refractivity contribution in [3.05, 3.63) is 23.5 Å². The van der Waals surface area contributed by atoms with Crippen molar-refractivity contribution in [3.8, 4) is 0 Å². The van der Waals surface area contributed by atoms with Gasteiger partial charge < -0.3 is 9.47 Å². The van der Waals surface area contributed by atoms with E-state index in [-0.39, 0.29) is 5.88 Å². The van der Waals surface area contributed by atoms with Crippen LogP contribution in [0.15, 0.2) is 23.5 Å². The summed E-state index contributed by atoms with van der Waals surface area (Å²) in [5.41, 5.74) is -0.0244. The summed E-state index contributed by atoms with van der Waals surface area (Å²) in [4.78, 5) is 11.3. The first-order valence-electron chi connectivity index (χ1n) is 4.26. The molecule has 1 heterocycles. The quantitative estimate of drug-likeness (QED) is 0.523. The van der Waals surface area contributed by atoms with Gasteiger partial charge in [-0.15, -0.1) is 11.6 Å². The molecular weight excluding hydrogens is 204 g/mol. The molecule has 0 saturated carbocycles. The molecule has 1 aliphatic heterocycles. The maximum Gasteiger partial charge on any atom is 0.341 e. The molecule has 1 rings (SSSR count). The van der Waals surface area contributed by atoms with Gasteiger partial charge in [-0.3, -0.25) is 0 Å². The molecule has 4 heteroatoms. The summed E-state index contributed by atoms with van der Waals surface area (Å²) in [5, 5.41) is 0. The fourth-order valence-electron chi connectivity index (χ4n) is 1.17. The molecule has 0 aromatic heterocycles. The number of carbonyl (C=O) groups is 1. The molecule has 0 fully saturated rings. The van der Waals surface area contributed by atoms with Gasteiger partial charge in [0.05, 0.1) is 18.6 Å². The number of carbonyl (C=O) groups excluding carboxylic acids is 1.